The van der Waals surface area contributed by atoms with Crippen LogP contribution in [0.1, 0.15) is 27.2 Å². The fourth-order valence-corrected chi connectivity index (χ4v) is 1.07. The Bertz CT molecular complexity index is 137. The Morgan fingerprint density at radius 3 is 2.29 bits per heavy atom. The summed E-state index contributed by atoms with van der Waals surface area (Å²) in [6, 6.07) is 0. The molecule has 0 aliphatic heterocycles. The molecule has 0 heterocycles. The minimum absolute atomic E-state index is 0.404. The van der Waals surface area contributed by atoms with Gasteiger partial charge >= 0.3 is 0 Å². The molecule has 0 aliphatic carbocycles. The molecule has 0 aromatic carbocycles. The summed E-state index contributed by atoms with van der Waals surface area (Å²) in [5.41, 5.74) is 0. The van der Waals surface area contributed by atoms with Crippen LogP contribution < -0.4 is 0 Å². The summed E-state index contributed by atoms with van der Waals surface area (Å²) in [6.45, 7) is 12.0. The van der Waals surface area contributed by atoms with Gasteiger partial charge in [0.2, 0.25) is 5.79 Å². The third kappa shape index (κ3) is 4.74. The fourth-order valence-electron chi connectivity index (χ4n) is 1.07. The molecule has 3 nitrogen and oxygen atoms in total. The van der Waals surface area contributed by atoms with E-state index in [2.05, 4.69) is 13.5 Å². The maximum atomic E-state index is 5.61. The van der Waals surface area contributed by atoms with E-state index in [0.717, 1.165) is 6.42 Å². The summed E-state index contributed by atoms with van der Waals surface area (Å²) in [5, 5.41) is 0. The minimum atomic E-state index is -0.763. The van der Waals surface area contributed by atoms with E-state index in [1.807, 2.05) is 13.8 Å². The van der Waals surface area contributed by atoms with Gasteiger partial charge in [-0.05, 0) is 26.3 Å². The molecule has 0 amide bonds. The Balaban J connectivity index is 4.18. The summed E-state index contributed by atoms with van der Waals surface area (Å²) in [6.07, 6.45) is 2.62. The zero-order chi connectivity index (χ0) is 10.9. The lowest BCUT2D eigenvalue weighted by Crippen LogP contribution is -2.39. The molecular weight excluding hydrogens is 180 g/mol. The van der Waals surface area contributed by atoms with Crippen LogP contribution >= 0.6 is 0 Å². The van der Waals surface area contributed by atoms with E-state index in [0.29, 0.717) is 26.4 Å². The number of hydrogen-bond donors (Lipinski definition) is 0. The number of ether oxygens (including phenoxy) is 3. The number of hydrogen-bond acceptors (Lipinski definition) is 3. The van der Waals surface area contributed by atoms with Crippen molar-refractivity contribution in [2.45, 2.75) is 33.0 Å². The molecule has 1 atom stereocenters. The van der Waals surface area contributed by atoms with Crippen molar-refractivity contribution in [3.8, 4) is 0 Å². The Morgan fingerprint density at radius 2 is 1.86 bits per heavy atom. The molecule has 0 aromatic rings. The molecule has 0 saturated heterocycles. The van der Waals surface area contributed by atoms with Crippen LogP contribution in [-0.4, -0.2) is 32.2 Å². The second kappa shape index (κ2) is 7.97. The first-order chi connectivity index (χ1) is 6.74. The topological polar surface area (TPSA) is 27.7 Å². The van der Waals surface area contributed by atoms with Gasteiger partial charge in [-0.3, -0.25) is 0 Å². The standard InChI is InChI=1S/C11H22O3/c1-5-9-14-11(6-2,13-8-4)10-12-7-3/h6H,2,5,7-10H2,1,3-4H3. The molecule has 0 N–H and O–H groups in total. The summed E-state index contributed by atoms with van der Waals surface area (Å²) in [7, 11) is 0. The maximum Gasteiger partial charge on any atom is 0.211 e. The Labute approximate surface area is 87.0 Å². The molecule has 0 aliphatic rings. The highest BCUT2D eigenvalue weighted by Gasteiger charge is 2.27. The molecular formula is C11H22O3. The zero-order valence-electron chi connectivity index (χ0n) is 9.54. The van der Waals surface area contributed by atoms with Crippen LogP contribution in [0, 0.1) is 0 Å². The molecule has 0 aromatic heterocycles. The number of rotatable bonds is 9. The summed E-state index contributed by atoms with van der Waals surface area (Å²) in [5.74, 6) is -0.763. The van der Waals surface area contributed by atoms with Gasteiger partial charge in [-0.15, -0.1) is 0 Å². The third-order valence-electron chi connectivity index (χ3n) is 1.76. The quantitative estimate of drug-likeness (QED) is 0.424. The van der Waals surface area contributed by atoms with E-state index >= 15 is 0 Å². The van der Waals surface area contributed by atoms with E-state index in [1.54, 1.807) is 6.08 Å². The third-order valence-corrected chi connectivity index (χ3v) is 1.76. The lowest BCUT2D eigenvalue weighted by atomic mass is 10.3. The normalized spacial score (nSPS) is 15.1. The van der Waals surface area contributed by atoms with E-state index in [1.165, 1.54) is 0 Å². The second-order valence-corrected chi connectivity index (χ2v) is 2.93. The van der Waals surface area contributed by atoms with E-state index < -0.39 is 5.79 Å². The van der Waals surface area contributed by atoms with Crippen molar-refractivity contribution in [2.24, 2.45) is 0 Å². The van der Waals surface area contributed by atoms with Gasteiger partial charge in [0.1, 0.15) is 6.61 Å². The summed E-state index contributed by atoms with van der Waals surface area (Å²) < 4.78 is 16.4. The Hall–Kier alpha value is -0.380. The van der Waals surface area contributed by atoms with Crippen molar-refractivity contribution in [2.75, 3.05) is 26.4 Å². The maximum absolute atomic E-state index is 5.61. The van der Waals surface area contributed by atoms with E-state index in [-0.39, 0.29) is 0 Å². The molecule has 0 saturated carbocycles. The summed E-state index contributed by atoms with van der Waals surface area (Å²) in [4.78, 5) is 0. The van der Waals surface area contributed by atoms with Crippen molar-refractivity contribution in [1.29, 1.82) is 0 Å². The van der Waals surface area contributed by atoms with Gasteiger partial charge in [-0.2, -0.15) is 0 Å². The largest absolute Gasteiger partial charge is 0.376 e. The molecule has 0 radical (unpaired) electrons. The SMILES string of the molecule is C=CC(COCC)(OCC)OCCC. The molecule has 84 valence electrons. The van der Waals surface area contributed by atoms with Crippen LogP contribution in [0.4, 0.5) is 0 Å². The van der Waals surface area contributed by atoms with Crippen molar-refractivity contribution in [3.63, 3.8) is 0 Å². The first-order valence-electron chi connectivity index (χ1n) is 5.23. The van der Waals surface area contributed by atoms with Crippen molar-refractivity contribution < 1.29 is 14.2 Å². The molecule has 0 bridgehead atoms. The highest BCUT2D eigenvalue weighted by molar-refractivity contribution is 4.89. The van der Waals surface area contributed by atoms with Gasteiger partial charge in [-0.25, -0.2) is 0 Å². The smallest absolute Gasteiger partial charge is 0.211 e. The molecule has 0 rings (SSSR count). The van der Waals surface area contributed by atoms with Crippen LogP contribution in [0.3, 0.4) is 0 Å². The van der Waals surface area contributed by atoms with Crippen molar-refractivity contribution in [1.82, 2.24) is 0 Å². The lowest BCUT2D eigenvalue weighted by molar-refractivity contribution is -0.227. The lowest BCUT2D eigenvalue weighted by Gasteiger charge is -2.29. The fraction of sp³-hybridized carbons (Fsp3) is 0.818. The van der Waals surface area contributed by atoms with Gasteiger partial charge < -0.3 is 14.2 Å². The Kier molecular flexibility index (Phi) is 7.76. The average molecular weight is 202 g/mol. The van der Waals surface area contributed by atoms with Crippen LogP contribution in [0.25, 0.3) is 0 Å². The highest BCUT2D eigenvalue weighted by Crippen LogP contribution is 2.16. The molecule has 14 heavy (non-hydrogen) atoms. The van der Waals surface area contributed by atoms with Gasteiger partial charge in [0, 0.05) is 13.2 Å². The van der Waals surface area contributed by atoms with Gasteiger partial charge in [0.25, 0.3) is 0 Å². The van der Waals surface area contributed by atoms with Crippen LogP contribution in [-0.2, 0) is 14.2 Å². The van der Waals surface area contributed by atoms with Crippen molar-refractivity contribution >= 4 is 0 Å². The van der Waals surface area contributed by atoms with Gasteiger partial charge in [-0.1, -0.05) is 13.5 Å². The van der Waals surface area contributed by atoms with Crippen LogP contribution in [0.15, 0.2) is 12.7 Å². The molecule has 0 spiro atoms. The van der Waals surface area contributed by atoms with E-state index in [9.17, 15) is 0 Å². The van der Waals surface area contributed by atoms with E-state index in [4.69, 9.17) is 14.2 Å². The second-order valence-electron chi connectivity index (χ2n) is 2.93. The Morgan fingerprint density at radius 1 is 1.14 bits per heavy atom. The molecule has 3 heteroatoms. The van der Waals surface area contributed by atoms with Crippen LogP contribution in [0.2, 0.25) is 0 Å². The van der Waals surface area contributed by atoms with Gasteiger partial charge in [0.15, 0.2) is 0 Å². The average Bonchev–Trinajstić information content (AvgIpc) is 2.22. The monoisotopic (exact) mass is 202 g/mol. The van der Waals surface area contributed by atoms with Crippen LogP contribution in [0.5, 0.6) is 0 Å². The molecule has 0 fully saturated rings. The molecule has 1 unspecified atom stereocenters. The predicted octanol–water partition coefficient (Wildman–Crippen LogP) is 2.37. The van der Waals surface area contributed by atoms with Gasteiger partial charge in [0.05, 0.1) is 6.61 Å². The first-order valence-corrected chi connectivity index (χ1v) is 5.23. The highest BCUT2D eigenvalue weighted by atomic mass is 16.7. The first kappa shape index (κ1) is 13.6. The minimum Gasteiger partial charge on any atom is -0.376 e. The predicted molar refractivity (Wildman–Crippen MR) is 57.3 cm³/mol. The van der Waals surface area contributed by atoms with Crippen molar-refractivity contribution in [3.05, 3.63) is 12.7 Å². The summed E-state index contributed by atoms with van der Waals surface area (Å²) >= 11 is 0. The zero-order valence-corrected chi connectivity index (χ0v) is 9.54.